The minimum atomic E-state index is -1.15. The van der Waals surface area contributed by atoms with Gasteiger partial charge in [0, 0.05) is 23.1 Å². The number of nitrogens with two attached hydrogens (primary N) is 1. The summed E-state index contributed by atoms with van der Waals surface area (Å²) in [6.45, 7) is 0. The molecule has 0 spiro atoms. The van der Waals surface area contributed by atoms with E-state index in [1.165, 1.54) is 30.6 Å². The zero-order chi connectivity index (χ0) is 14.7. The first-order chi connectivity index (χ1) is 9.47. The SMILES string of the molecule is Nc1nccnc1C(=O)Nc1cc(Cl)cc(C(=O)O)c1. The van der Waals surface area contributed by atoms with Gasteiger partial charge in [0.1, 0.15) is 0 Å². The van der Waals surface area contributed by atoms with E-state index in [1.807, 2.05) is 0 Å². The molecule has 2 rings (SSSR count). The fourth-order valence-corrected chi connectivity index (χ4v) is 1.73. The smallest absolute Gasteiger partial charge is 0.335 e. The molecule has 8 heteroatoms. The Balaban J connectivity index is 2.28. The number of aromatic carboxylic acids is 1. The molecule has 0 radical (unpaired) electrons. The third-order valence-corrected chi connectivity index (χ3v) is 2.56. The molecule has 20 heavy (non-hydrogen) atoms. The van der Waals surface area contributed by atoms with Crippen LogP contribution in [-0.2, 0) is 0 Å². The number of nitrogen functional groups attached to an aromatic ring is 1. The summed E-state index contributed by atoms with van der Waals surface area (Å²) in [5, 5.41) is 11.6. The van der Waals surface area contributed by atoms with E-state index in [0.717, 1.165) is 0 Å². The van der Waals surface area contributed by atoms with E-state index in [1.54, 1.807) is 0 Å². The number of carboxylic acids is 1. The highest BCUT2D eigenvalue weighted by Crippen LogP contribution is 2.20. The second-order valence-electron chi connectivity index (χ2n) is 3.78. The normalized spacial score (nSPS) is 10.1. The Kier molecular flexibility index (Phi) is 3.81. The van der Waals surface area contributed by atoms with Gasteiger partial charge in [-0.1, -0.05) is 11.6 Å². The predicted molar refractivity (Wildman–Crippen MR) is 72.8 cm³/mol. The van der Waals surface area contributed by atoms with Crippen LogP contribution in [0.1, 0.15) is 20.8 Å². The number of carboxylic acid groups (broad SMARTS) is 1. The monoisotopic (exact) mass is 292 g/mol. The number of anilines is 2. The van der Waals surface area contributed by atoms with Gasteiger partial charge in [0.2, 0.25) is 0 Å². The van der Waals surface area contributed by atoms with Crippen LogP contribution in [0.4, 0.5) is 11.5 Å². The summed E-state index contributed by atoms with van der Waals surface area (Å²) >= 11 is 5.79. The van der Waals surface area contributed by atoms with Crippen molar-refractivity contribution in [3.8, 4) is 0 Å². The molecule has 0 aliphatic rings. The van der Waals surface area contributed by atoms with Crippen molar-refractivity contribution in [3.63, 3.8) is 0 Å². The maximum atomic E-state index is 11.9. The van der Waals surface area contributed by atoms with Crippen molar-refractivity contribution in [3.05, 3.63) is 46.9 Å². The summed E-state index contributed by atoms with van der Waals surface area (Å²) in [6.07, 6.45) is 2.68. The van der Waals surface area contributed by atoms with E-state index in [0.29, 0.717) is 0 Å². The number of carbonyl (C=O) groups is 2. The van der Waals surface area contributed by atoms with Gasteiger partial charge < -0.3 is 16.2 Å². The minimum Gasteiger partial charge on any atom is -0.478 e. The Morgan fingerprint density at radius 2 is 1.90 bits per heavy atom. The first-order valence-electron chi connectivity index (χ1n) is 5.39. The summed E-state index contributed by atoms with van der Waals surface area (Å²) in [4.78, 5) is 30.4. The average Bonchev–Trinajstić information content (AvgIpc) is 2.38. The Labute approximate surface area is 118 Å². The van der Waals surface area contributed by atoms with Crippen LogP contribution in [0, 0.1) is 0 Å². The minimum absolute atomic E-state index is 0.0227. The Hall–Kier alpha value is -2.67. The number of hydrogen-bond acceptors (Lipinski definition) is 5. The van der Waals surface area contributed by atoms with Crippen molar-refractivity contribution in [2.75, 3.05) is 11.1 Å². The summed E-state index contributed by atoms with van der Waals surface area (Å²) in [5.74, 6) is -1.78. The first kappa shape index (κ1) is 13.8. The Bertz CT molecular complexity index is 690. The van der Waals surface area contributed by atoms with Crippen molar-refractivity contribution in [1.82, 2.24) is 9.97 Å². The molecular formula is C12H9ClN4O3. The summed E-state index contributed by atoms with van der Waals surface area (Å²) in [5.41, 5.74) is 5.66. The lowest BCUT2D eigenvalue weighted by atomic mass is 10.2. The number of nitrogens with zero attached hydrogens (tertiary/aromatic N) is 2. The van der Waals surface area contributed by atoms with Crippen LogP contribution in [-0.4, -0.2) is 27.0 Å². The molecule has 1 heterocycles. The highest BCUT2D eigenvalue weighted by molar-refractivity contribution is 6.31. The van der Waals surface area contributed by atoms with E-state index in [9.17, 15) is 9.59 Å². The van der Waals surface area contributed by atoms with Crippen LogP contribution >= 0.6 is 11.6 Å². The summed E-state index contributed by atoms with van der Waals surface area (Å²) in [7, 11) is 0. The van der Waals surface area contributed by atoms with Crippen LogP contribution in [0.5, 0.6) is 0 Å². The molecule has 0 aliphatic heterocycles. The highest BCUT2D eigenvalue weighted by Gasteiger charge is 2.14. The van der Waals surface area contributed by atoms with Gasteiger partial charge in [0.25, 0.3) is 5.91 Å². The number of carbonyl (C=O) groups excluding carboxylic acids is 1. The fraction of sp³-hybridized carbons (Fsp3) is 0. The van der Waals surface area contributed by atoms with E-state index in [2.05, 4.69) is 15.3 Å². The molecular weight excluding hydrogens is 284 g/mol. The number of hydrogen-bond donors (Lipinski definition) is 3. The van der Waals surface area contributed by atoms with Gasteiger partial charge >= 0.3 is 5.97 Å². The molecule has 0 saturated heterocycles. The zero-order valence-electron chi connectivity index (χ0n) is 10.0. The van der Waals surface area contributed by atoms with E-state index < -0.39 is 11.9 Å². The topological polar surface area (TPSA) is 118 Å². The van der Waals surface area contributed by atoms with Gasteiger partial charge in [-0.25, -0.2) is 14.8 Å². The maximum Gasteiger partial charge on any atom is 0.335 e. The van der Waals surface area contributed by atoms with Gasteiger partial charge in [-0.15, -0.1) is 0 Å². The van der Waals surface area contributed by atoms with Crippen molar-refractivity contribution >= 4 is 35.0 Å². The molecule has 0 fully saturated rings. The lowest BCUT2D eigenvalue weighted by Gasteiger charge is -2.07. The second kappa shape index (κ2) is 5.54. The van der Waals surface area contributed by atoms with Gasteiger partial charge in [-0.05, 0) is 18.2 Å². The maximum absolute atomic E-state index is 11.9. The third kappa shape index (κ3) is 3.01. The third-order valence-electron chi connectivity index (χ3n) is 2.34. The lowest BCUT2D eigenvalue weighted by Crippen LogP contribution is -2.16. The molecule has 0 saturated carbocycles. The van der Waals surface area contributed by atoms with E-state index >= 15 is 0 Å². The van der Waals surface area contributed by atoms with Crippen LogP contribution < -0.4 is 11.1 Å². The van der Waals surface area contributed by atoms with E-state index in [-0.39, 0.29) is 27.8 Å². The van der Waals surface area contributed by atoms with Gasteiger partial charge in [-0.2, -0.15) is 0 Å². The molecule has 1 aromatic carbocycles. The summed E-state index contributed by atoms with van der Waals surface area (Å²) < 4.78 is 0. The molecule has 4 N–H and O–H groups in total. The molecule has 1 aromatic heterocycles. The quantitative estimate of drug-likeness (QED) is 0.791. The average molecular weight is 293 g/mol. The Morgan fingerprint density at radius 3 is 2.55 bits per heavy atom. The van der Waals surface area contributed by atoms with Crippen LogP contribution in [0.15, 0.2) is 30.6 Å². The fourth-order valence-electron chi connectivity index (χ4n) is 1.50. The molecule has 0 aliphatic carbocycles. The molecule has 0 bridgehead atoms. The number of amides is 1. The van der Waals surface area contributed by atoms with Gasteiger partial charge in [0.05, 0.1) is 5.56 Å². The molecule has 0 unspecified atom stereocenters. The van der Waals surface area contributed by atoms with Gasteiger partial charge in [0.15, 0.2) is 11.5 Å². The van der Waals surface area contributed by atoms with Crippen molar-refractivity contribution in [2.45, 2.75) is 0 Å². The standard InChI is InChI=1S/C12H9ClN4O3/c13-7-3-6(12(19)20)4-8(5-7)17-11(18)9-10(14)16-2-1-15-9/h1-5H,(H2,14,16)(H,17,18)(H,19,20). The molecule has 2 aromatic rings. The Morgan fingerprint density at radius 1 is 1.20 bits per heavy atom. The molecule has 102 valence electrons. The second-order valence-corrected chi connectivity index (χ2v) is 4.21. The largest absolute Gasteiger partial charge is 0.478 e. The zero-order valence-corrected chi connectivity index (χ0v) is 10.8. The molecule has 7 nitrogen and oxygen atoms in total. The van der Waals surface area contributed by atoms with Gasteiger partial charge in [-0.3, -0.25) is 4.79 Å². The number of nitrogens with one attached hydrogen (secondary N) is 1. The number of benzene rings is 1. The highest BCUT2D eigenvalue weighted by atomic mass is 35.5. The van der Waals surface area contributed by atoms with Crippen molar-refractivity contribution in [2.24, 2.45) is 0 Å². The summed E-state index contributed by atoms with van der Waals surface area (Å²) in [6, 6.07) is 3.97. The van der Waals surface area contributed by atoms with Crippen LogP contribution in [0.2, 0.25) is 5.02 Å². The number of halogens is 1. The van der Waals surface area contributed by atoms with Crippen molar-refractivity contribution < 1.29 is 14.7 Å². The van der Waals surface area contributed by atoms with E-state index in [4.69, 9.17) is 22.4 Å². The van der Waals surface area contributed by atoms with Crippen molar-refractivity contribution in [1.29, 1.82) is 0 Å². The van der Waals surface area contributed by atoms with Crippen LogP contribution in [0.25, 0.3) is 0 Å². The number of aromatic nitrogens is 2. The lowest BCUT2D eigenvalue weighted by molar-refractivity contribution is 0.0696. The molecule has 0 atom stereocenters. The predicted octanol–water partition coefficient (Wildman–Crippen LogP) is 1.66. The van der Waals surface area contributed by atoms with Crippen LogP contribution in [0.3, 0.4) is 0 Å². The molecule has 1 amide bonds. The number of rotatable bonds is 3. The first-order valence-corrected chi connectivity index (χ1v) is 5.77.